The lowest BCUT2D eigenvalue weighted by Crippen LogP contribution is -2.17. The summed E-state index contributed by atoms with van der Waals surface area (Å²) in [7, 11) is 3.74. The molecule has 1 N–H and O–H groups in total. The fourth-order valence-electron chi connectivity index (χ4n) is 1.44. The Bertz CT molecular complexity index is 392. The monoisotopic (exact) mass is 206 g/mol. The topological polar surface area (TPSA) is 40.3 Å². The summed E-state index contributed by atoms with van der Waals surface area (Å²) in [5.41, 5.74) is 0.378. The number of nitrogens with zero attached hydrogens (tertiary/aromatic N) is 1. The average Bonchev–Trinajstić information content (AvgIpc) is 2.16. The quantitative estimate of drug-likeness (QED) is 0.463. The predicted molar refractivity (Wildman–Crippen MR) is 59.8 cm³/mol. The van der Waals surface area contributed by atoms with Gasteiger partial charge in [-0.3, -0.25) is 4.79 Å². The summed E-state index contributed by atoms with van der Waals surface area (Å²) < 4.78 is 1.84. The number of aromatic hydroxyl groups is 1. The first-order valence-electron chi connectivity index (χ1n) is 4.86. The number of carbonyl (C=O) groups is 1. The molecule has 3 nitrogen and oxygen atoms in total. The zero-order valence-electron chi connectivity index (χ0n) is 9.27. The van der Waals surface area contributed by atoms with Crippen molar-refractivity contribution in [3.8, 4) is 5.75 Å². The third-order valence-corrected chi connectivity index (χ3v) is 2.10. The summed E-state index contributed by atoms with van der Waals surface area (Å²) >= 11 is 0. The Kier molecular flexibility index (Phi) is 3.61. The molecule has 0 radical (unpaired) electrons. The van der Waals surface area contributed by atoms with E-state index in [0.717, 1.165) is 0 Å². The third kappa shape index (κ3) is 2.91. The molecule has 15 heavy (non-hydrogen) atoms. The first-order chi connectivity index (χ1) is 7.02. The average molecular weight is 206 g/mol. The molecule has 1 unspecified atom stereocenters. The molecule has 0 saturated heterocycles. The number of para-hydroxylation sites is 1. The summed E-state index contributed by atoms with van der Waals surface area (Å²) in [5.74, 6) is -0.253. The molecule has 0 aliphatic carbocycles. The second-order valence-electron chi connectivity index (χ2n) is 3.78. The highest BCUT2D eigenvalue weighted by atomic mass is 16.3. The number of carbonyl (C=O) groups excluding carboxylic acids is 1. The van der Waals surface area contributed by atoms with Crippen LogP contribution in [0.25, 0.3) is 0 Å². The highest BCUT2D eigenvalue weighted by Crippen LogP contribution is 2.18. The van der Waals surface area contributed by atoms with Crippen LogP contribution in [0.3, 0.4) is 0 Å². The van der Waals surface area contributed by atoms with E-state index in [1.165, 1.54) is 6.07 Å². The molecular weight excluding hydrogens is 190 g/mol. The molecule has 0 saturated carbocycles. The zero-order valence-corrected chi connectivity index (χ0v) is 9.27. The van der Waals surface area contributed by atoms with Crippen LogP contribution in [0.15, 0.2) is 24.3 Å². The van der Waals surface area contributed by atoms with Crippen LogP contribution in [0.1, 0.15) is 17.3 Å². The van der Waals surface area contributed by atoms with Crippen LogP contribution < -0.4 is 0 Å². The SMILES string of the molecule is CC(C=[N+](C)C)C(=O)c1ccccc1O. The molecule has 1 aromatic carbocycles. The summed E-state index contributed by atoms with van der Waals surface area (Å²) in [5, 5.41) is 9.52. The van der Waals surface area contributed by atoms with Crippen molar-refractivity contribution in [1.29, 1.82) is 0 Å². The zero-order chi connectivity index (χ0) is 11.4. The van der Waals surface area contributed by atoms with Gasteiger partial charge in [0.05, 0.1) is 11.5 Å². The Morgan fingerprint density at radius 2 is 2.00 bits per heavy atom. The Balaban J connectivity index is 2.95. The normalized spacial score (nSPS) is 11.9. The minimum absolute atomic E-state index is 0.0431. The molecule has 0 aromatic heterocycles. The van der Waals surface area contributed by atoms with Gasteiger partial charge in [-0.15, -0.1) is 0 Å². The summed E-state index contributed by atoms with van der Waals surface area (Å²) in [6.07, 6.45) is 1.81. The van der Waals surface area contributed by atoms with Gasteiger partial charge in [0.15, 0.2) is 5.78 Å². The van der Waals surface area contributed by atoms with E-state index in [1.54, 1.807) is 18.2 Å². The highest BCUT2D eigenvalue weighted by Gasteiger charge is 2.18. The molecule has 0 spiro atoms. The molecule has 3 heteroatoms. The van der Waals surface area contributed by atoms with Crippen molar-refractivity contribution in [2.24, 2.45) is 5.92 Å². The van der Waals surface area contributed by atoms with Gasteiger partial charge in [0, 0.05) is 0 Å². The van der Waals surface area contributed by atoms with Crippen molar-refractivity contribution >= 4 is 12.0 Å². The van der Waals surface area contributed by atoms with E-state index in [0.29, 0.717) is 5.56 Å². The van der Waals surface area contributed by atoms with Crippen LogP contribution in [0.4, 0.5) is 0 Å². The second-order valence-corrected chi connectivity index (χ2v) is 3.78. The molecule has 1 aromatic rings. The lowest BCUT2D eigenvalue weighted by Gasteiger charge is -2.05. The van der Waals surface area contributed by atoms with E-state index < -0.39 is 0 Å². The Hall–Kier alpha value is -1.64. The summed E-state index contributed by atoms with van der Waals surface area (Å²) in [4.78, 5) is 11.9. The van der Waals surface area contributed by atoms with E-state index in [4.69, 9.17) is 0 Å². The van der Waals surface area contributed by atoms with Crippen LogP contribution in [0.2, 0.25) is 0 Å². The Morgan fingerprint density at radius 3 is 2.53 bits per heavy atom. The van der Waals surface area contributed by atoms with Gasteiger partial charge in [0.2, 0.25) is 0 Å². The molecular formula is C12H16NO2+. The molecule has 0 heterocycles. The van der Waals surface area contributed by atoms with Crippen molar-refractivity contribution in [2.75, 3.05) is 14.1 Å². The fourth-order valence-corrected chi connectivity index (χ4v) is 1.44. The summed E-state index contributed by atoms with van der Waals surface area (Å²) in [6, 6.07) is 6.61. The number of hydrogen-bond acceptors (Lipinski definition) is 2. The van der Waals surface area contributed by atoms with Crippen LogP contribution in [-0.4, -0.2) is 35.8 Å². The minimum Gasteiger partial charge on any atom is -0.507 e. The van der Waals surface area contributed by atoms with Crippen molar-refractivity contribution in [3.63, 3.8) is 0 Å². The first kappa shape index (κ1) is 11.4. The largest absolute Gasteiger partial charge is 0.507 e. The molecule has 0 fully saturated rings. The summed E-state index contributed by atoms with van der Waals surface area (Å²) in [6.45, 7) is 1.81. The Morgan fingerprint density at radius 1 is 1.40 bits per heavy atom. The molecule has 1 atom stereocenters. The van der Waals surface area contributed by atoms with Crippen molar-refractivity contribution < 1.29 is 14.5 Å². The molecule has 80 valence electrons. The number of hydrogen-bond donors (Lipinski definition) is 1. The minimum atomic E-state index is -0.228. The number of phenols is 1. The van der Waals surface area contributed by atoms with Crippen molar-refractivity contribution in [3.05, 3.63) is 29.8 Å². The number of benzene rings is 1. The maximum atomic E-state index is 11.9. The van der Waals surface area contributed by atoms with E-state index in [-0.39, 0.29) is 17.5 Å². The lowest BCUT2D eigenvalue weighted by atomic mass is 9.99. The number of ketones is 1. The highest BCUT2D eigenvalue weighted by molar-refractivity contribution is 6.06. The van der Waals surface area contributed by atoms with E-state index in [2.05, 4.69) is 0 Å². The number of rotatable bonds is 3. The second kappa shape index (κ2) is 4.73. The van der Waals surface area contributed by atoms with E-state index in [1.807, 2.05) is 31.8 Å². The van der Waals surface area contributed by atoms with Gasteiger partial charge < -0.3 is 5.11 Å². The Labute approximate surface area is 89.7 Å². The van der Waals surface area contributed by atoms with Crippen LogP contribution in [0.5, 0.6) is 5.75 Å². The maximum absolute atomic E-state index is 11.9. The maximum Gasteiger partial charge on any atom is 0.179 e. The van der Waals surface area contributed by atoms with Crippen LogP contribution in [-0.2, 0) is 0 Å². The third-order valence-electron chi connectivity index (χ3n) is 2.10. The smallest absolute Gasteiger partial charge is 0.179 e. The van der Waals surface area contributed by atoms with Gasteiger partial charge in [0.1, 0.15) is 26.1 Å². The van der Waals surface area contributed by atoms with Gasteiger partial charge in [-0.05, 0) is 19.1 Å². The molecule has 0 aliphatic rings. The van der Waals surface area contributed by atoms with Gasteiger partial charge in [-0.25, -0.2) is 4.58 Å². The predicted octanol–water partition coefficient (Wildman–Crippen LogP) is 1.55. The van der Waals surface area contributed by atoms with Crippen molar-refractivity contribution in [1.82, 2.24) is 0 Å². The van der Waals surface area contributed by atoms with E-state index in [9.17, 15) is 9.90 Å². The van der Waals surface area contributed by atoms with Gasteiger partial charge in [-0.2, -0.15) is 0 Å². The lowest BCUT2D eigenvalue weighted by molar-refractivity contribution is -0.461. The molecule has 0 bridgehead atoms. The number of Topliss-reactive ketones (excluding diaryl/α,β-unsaturated/α-hetero) is 1. The fraction of sp³-hybridized carbons (Fsp3) is 0.333. The van der Waals surface area contributed by atoms with Gasteiger partial charge in [0.25, 0.3) is 0 Å². The van der Waals surface area contributed by atoms with Gasteiger partial charge >= 0.3 is 0 Å². The molecule has 0 aliphatic heterocycles. The van der Waals surface area contributed by atoms with Crippen molar-refractivity contribution in [2.45, 2.75) is 6.92 Å². The first-order valence-corrected chi connectivity index (χ1v) is 4.86. The van der Waals surface area contributed by atoms with Crippen LogP contribution in [0, 0.1) is 5.92 Å². The standard InChI is InChI=1S/C12H15NO2/c1-9(8-13(2)3)12(15)10-6-4-5-7-11(10)14/h4-9H,1-3H3/p+1. The molecule has 1 rings (SSSR count). The number of phenolic OH excluding ortho intramolecular Hbond substituents is 1. The van der Waals surface area contributed by atoms with Gasteiger partial charge in [-0.1, -0.05) is 12.1 Å². The molecule has 0 amide bonds. The van der Waals surface area contributed by atoms with E-state index >= 15 is 0 Å². The van der Waals surface area contributed by atoms with Crippen LogP contribution >= 0.6 is 0 Å².